The van der Waals surface area contributed by atoms with Gasteiger partial charge in [-0.25, -0.2) is 8.42 Å². The maximum Gasteiger partial charge on any atom is 0.291 e. The van der Waals surface area contributed by atoms with Gasteiger partial charge in [-0.1, -0.05) is 18.2 Å². The Labute approximate surface area is 169 Å². The van der Waals surface area contributed by atoms with Gasteiger partial charge in [0.05, 0.1) is 17.1 Å². The highest BCUT2D eigenvalue weighted by Crippen LogP contribution is 2.23. The van der Waals surface area contributed by atoms with E-state index in [2.05, 4.69) is 5.32 Å². The summed E-state index contributed by atoms with van der Waals surface area (Å²) in [5, 5.41) is 3.57. The highest BCUT2D eigenvalue weighted by atomic mass is 32.2. The van der Waals surface area contributed by atoms with Crippen LogP contribution >= 0.6 is 0 Å². The van der Waals surface area contributed by atoms with Crippen LogP contribution in [-0.4, -0.2) is 43.9 Å². The Hall–Kier alpha value is -2.68. The van der Waals surface area contributed by atoms with Crippen LogP contribution in [0.15, 0.2) is 63.9 Å². The van der Waals surface area contributed by atoms with E-state index < -0.39 is 15.9 Å². The Balaban J connectivity index is 1.49. The van der Waals surface area contributed by atoms with Gasteiger partial charge in [-0.15, -0.1) is 0 Å². The molecule has 1 aliphatic heterocycles. The number of hydrogen-bond donors (Lipinski definition) is 1. The molecule has 0 spiro atoms. The number of fused-ring (bicyclic) bond motifs is 1. The third-order valence-electron chi connectivity index (χ3n) is 4.79. The Morgan fingerprint density at radius 2 is 1.69 bits per heavy atom. The first-order valence-electron chi connectivity index (χ1n) is 9.38. The quantitative estimate of drug-likeness (QED) is 0.706. The second-order valence-electron chi connectivity index (χ2n) is 7.21. The summed E-state index contributed by atoms with van der Waals surface area (Å²) < 4.78 is 38.4. The van der Waals surface area contributed by atoms with Gasteiger partial charge in [0.1, 0.15) is 5.58 Å². The third kappa shape index (κ3) is 4.05. The fourth-order valence-corrected chi connectivity index (χ4v) is 5.06. The monoisotopic (exact) mass is 414 g/mol. The van der Waals surface area contributed by atoms with Gasteiger partial charge in [0.25, 0.3) is 5.91 Å². The zero-order valence-electron chi connectivity index (χ0n) is 16.2. The maximum atomic E-state index is 12.9. The number of para-hydroxylation sites is 1. The summed E-state index contributed by atoms with van der Waals surface area (Å²) in [7, 11) is -3.62. The number of hydrogen-bond acceptors (Lipinski definition) is 5. The van der Waals surface area contributed by atoms with Crippen molar-refractivity contribution < 1.29 is 22.4 Å². The molecule has 8 heteroatoms. The molecule has 1 N–H and O–H groups in total. The van der Waals surface area contributed by atoms with Gasteiger partial charge in [0.2, 0.25) is 10.0 Å². The lowest BCUT2D eigenvalue weighted by Crippen LogP contribution is -2.48. The van der Waals surface area contributed by atoms with Crippen molar-refractivity contribution >= 4 is 32.6 Å². The average Bonchev–Trinajstić information content (AvgIpc) is 3.12. The summed E-state index contributed by atoms with van der Waals surface area (Å²) in [6, 6.07) is 15.2. The van der Waals surface area contributed by atoms with Crippen LogP contribution in [0, 0.1) is 0 Å². The van der Waals surface area contributed by atoms with E-state index in [0.29, 0.717) is 24.4 Å². The molecule has 2 atom stereocenters. The molecule has 29 heavy (non-hydrogen) atoms. The van der Waals surface area contributed by atoms with Crippen molar-refractivity contribution in [3.05, 3.63) is 60.4 Å². The smallest absolute Gasteiger partial charge is 0.291 e. The fourth-order valence-electron chi connectivity index (χ4n) is 3.47. The van der Waals surface area contributed by atoms with Crippen LogP contribution in [0.5, 0.6) is 0 Å². The van der Waals surface area contributed by atoms with E-state index in [1.165, 1.54) is 16.4 Å². The number of benzene rings is 2. The largest absolute Gasteiger partial charge is 0.451 e. The van der Waals surface area contributed by atoms with Crippen molar-refractivity contribution in [1.29, 1.82) is 0 Å². The van der Waals surface area contributed by atoms with Crippen LogP contribution in [0.4, 0.5) is 5.69 Å². The molecule has 7 nitrogen and oxygen atoms in total. The summed E-state index contributed by atoms with van der Waals surface area (Å²) in [4.78, 5) is 12.6. The van der Waals surface area contributed by atoms with Crippen LogP contribution in [0.2, 0.25) is 0 Å². The lowest BCUT2D eigenvalue weighted by Gasteiger charge is -2.34. The van der Waals surface area contributed by atoms with Crippen molar-refractivity contribution in [3.8, 4) is 0 Å². The number of morpholine rings is 1. The number of nitrogens with zero attached hydrogens (tertiary/aromatic N) is 1. The molecule has 0 bridgehead atoms. The molecule has 0 aliphatic carbocycles. The number of amides is 1. The Kier molecular flexibility index (Phi) is 5.16. The van der Waals surface area contributed by atoms with E-state index >= 15 is 0 Å². The number of nitrogens with one attached hydrogen (secondary N) is 1. The average molecular weight is 414 g/mol. The SMILES string of the molecule is C[C@@H]1CN(S(=O)(=O)c2ccc(NC(=O)c3cc4ccccc4o3)cc2)C[C@@H](C)O1. The van der Waals surface area contributed by atoms with Gasteiger partial charge in [-0.3, -0.25) is 4.79 Å². The van der Waals surface area contributed by atoms with Crippen molar-refractivity contribution in [2.45, 2.75) is 31.0 Å². The van der Waals surface area contributed by atoms with Crippen molar-refractivity contribution in [2.24, 2.45) is 0 Å². The summed E-state index contributed by atoms with van der Waals surface area (Å²) in [5.41, 5.74) is 1.12. The molecule has 4 rings (SSSR count). The summed E-state index contributed by atoms with van der Waals surface area (Å²) in [5.74, 6) is -0.202. The topological polar surface area (TPSA) is 88.9 Å². The molecule has 1 amide bonds. The second kappa shape index (κ2) is 7.62. The molecule has 2 aromatic carbocycles. The molecule has 0 radical (unpaired) electrons. The molecular formula is C21H22N2O5S. The van der Waals surface area contributed by atoms with Crippen LogP contribution in [-0.2, 0) is 14.8 Å². The molecular weight excluding hydrogens is 392 g/mol. The summed E-state index contributed by atoms with van der Waals surface area (Å²) in [6.45, 7) is 4.35. The highest BCUT2D eigenvalue weighted by molar-refractivity contribution is 7.89. The molecule has 0 unspecified atom stereocenters. The standard InChI is InChI=1S/C21H22N2O5S/c1-14-12-23(13-15(2)27-14)29(25,26)18-9-7-17(8-10-18)22-21(24)20-11-16-5-3-4-6-19(16)28-20/h3-11,14-15H,12-13H2,1-2H3,(H,22,24)/t14-,15-/m1/s1. The summed E-state index contributed by atoms with van der Waals surface area (Å²) >= 11 is 0. The van der Waals surface area contributed by atoms with Crippen LogP contribution < -0.4 is 5.32 Å². The minimum absolute atomic E-state index is 0.157. The highest BCUT2D eigenvalue weighted by Gasteiger charge is 2.32. The molecule has 1 aliphatic rings. The first-order valence-corrected chi connectivity index (χ1v) is 10.8. The number of sulfonamides is 1. The number of carbonyl (C=O) groups is 1. The van der Waals surface area contributed by atoms with E-state index in [1.807, 2.05) is 32.0 Å². The summed E-state index contributed by atoms with van der Waals surface area (Å²) in [6.07, 6.45) is -0.313. The Morgan fingerprint density at radius 1 is 1.03 bits per heavy atom. The zero-order valence-corrected chi connectivity index (χ0v) is 17.0. The lowest BCUT2D eigenvalue weighted by molar-refractivity contribution is -0.0440. The lowest BCUT2D eigenvalue weighted by atomic mass is 10.2. The fraction of sp³-hybridized carbons (Fsp3) is 0.286. The van der Waals surface area contributed by atoms with E-state index in [1.54, 1.807) is 24.3 Å². The number of ether oxygens (including phenoxy) is 1. The van der Waals surface area contributed by atoms with Gasteiger partial charge >= 0.3 is 0 Å². The molecule has 1 fully saturated rings. The predicted octanol–water partition coefficient (Wildman–Crippen LogP) is 3.48. The maximum absolute atomic E-state index is 12.9. The second-order valence-corrected chi connectivity index (χ2v) is 9.14. The molecule has 0 saturated carbocycles. The Bertz CT molecular complexity index is 1090. The van der Waals surface area contributed by atoms with Crippen molar-refractivity contribution in [3.63, 3.8) is 0 Å². The Morgan fingerprint density at radius 3 is 2.34 bits per heavy atom. The predicted molar refractivity (Wildman–Crippen MR) is 109 cm³/mol. The number of carbonyl (C=O) groups excluding carboxylic acids is 1. The minimum Gasteiger partial charge on any atom is -0.451 e. The van der Waals surface area contributed by atoms with Gasteiger partial charge < -0.3 is 14.5 Å². The number of furan rings is 1. The molecule has 3 aromatic rings. The van der Waals surface area contributed by atoms with Crippen LogP contribution in [0.3, 0.4) is 0 Å². The third-order valence-corrected chi connectivity index (χ3v) is 6.63. The van der Waals surface area contributed by atoms with Gasteiger partial charge in [0, 0.05) is 24.2 Å². The first-order chi connectivity index (χ1) is 13.8. The number of anilines is 1. The van der Waals surface area contributed by atoms with E-state index in [9.17, 15) is 13.2 Å². The first kappa shape index (κ1) is 19.6. The minimum atomic E-state index is -3.62. The van der Waals surface area contributed by atoms with Crippen LogP contribution in [0.25, 0.3) is 11.0 Å². The molecule has 152 valence electrons. The molecule has 1 aromatic heterocycles. The van der Waals surface area contributed by atoms with Crippen molar-refractivity contribution in [2.75, 3.05) is 18.4 Å². The number of rotatable bonds is 4. The van der Waals surface area contributed by atoms with Gasteiger partial charge in [0.15, 0.2) is 5.76 Å². The van der Waals surface area contributed by atoms with Gasteiger partial charge in [-0.05, 0) is 50.2 Å². The van der Waals surface area contributed by atoms with E-state index in [0.717, 1.165) is 5.39 Å². The molecule has 2 heterocycles. The van der Waals surface area contributed by atoms with Crippen LogP contribution in [0.1, 0.15) is 24.4 Å². The molecule has 1 saturated heterocycles. The van der Waals surface area contributed by atoms with Gasteiger partial charge in [-0.2, -0.15) is 4.31 Å². The van der Waals surface area contributed by atoms with Crippen molar-refractivity contribution in [1.82, 2.24) is 4.31 Å². The zero-order chi connectivity index (χ0) is 20.6. The van der Waals surface area contributed by atoms with E-state index in [-0.39, 0.29) is 22.9 Å². The van der Waals surface area contributed by atoms with E-state index in [4.69, 9.17) is 9.15 Å². The normalized spacial score (nSPS) is 20.6.